The van der Waals surface area contributed by atoms with Crippen LogP contribution in [0.15, 0.2) is 10.8 Å². The van der Waals surface area contributed by atoms with Gasteiger partial charge in [0.1, 0.15) is 0 Å². The minimum Gasteiger partial charge on any atom is -0.360 e. The van der Waals surface area contributed by atoms with Gasteiger partial charge in [0.05, 0.1) is 0 Å². The maximum Gasteiger partial charge on any atom is 0.280 e. The summed E-state index contributed by atoms with van der Waals surface area (Å²) in [7, 11) is 0. The minimum atomic E-state index is 0.000000000000000444. The van der Waals surface area contributed by atoms with Crippen molar-refractivity contribution in [3.05, 3.63) is 17.1 Å². The first-order valence-corrected chi connectivity index (χ1v) is 1.84. The average molecular weight is 114 g/mol. The Kier molecular flexibility index (Phi) is 0.957. The van der Waals surface area contributed by atoms with Crippen molar-refractivity contribution >= 4 is 6.29 Å². The Bertz CT molecular complexity index is 194. The molecule has 0 saturated heterocycles. The molecule has 0 aliphatic carbocycles. The monoisotopic (exact) mass is 114 g/mol. The quantitative estimate of drug-likeness (QED) is 0.351. The number of aromatic nitrogens is 2. The number of aldehydes is 1. The lowest BCUT2D eigenvalue weighted by atomic mass is 10.6. The minimum absolute atomic E-state index is 0.000000000000000444. The summed E-state index contributed by atoms with van der Waals surface area (Å²) in [6.07, 6.45) is 1.37. The zero-order valence-corrected chi connectivity index (χ0v) is 3.77. The number of carbonyl (C=O) groups excluding carboxylic acids is 1. The summed E-state index contributed by atoms with van der Waals surface area (Å²) in [5.41, 5.74) is 0.000000000000000444. The van der Waals surface area contributed by atoms with Crippen molar-refractivity contribution < 1.29 is 14.3 Å². The van der Waals surface area contributed by atoms with Crippen LogP contribution in [0.4, 0.5) is 0 Å². The molecule has 0 spiro atoms. The maximum atomic E-state index is 9.98. The molecule has 0 unspecified atom stereocenters. The van der Waals surface area contributed by atoms with Crippen molar-refractivity contribution in [2.75, 3.05) is 0 Å². The smallest absolute Gasteiger partial charge is 0.280 e. The van der Waals surface area contributed by atoms with Gasteiger partial charge in [0.2, 0.25) is 0 Å². The molecule has 0 amide bonds. The zero-order chi connectivity index (χ0) is 5.98. The van der Waals surface area contributed by atoms with Gasteiger partial charge < -0.3 is 5.21 Å². The standard InChI is InChI=1S/C3H2N2O3/c6-2-3-1-5(7)8-4-3/h1-2H. The largest absolute Gasteiger partial charge is 0.360 e. The topological polar surface area (TPSA) is 70.0 Å². The van der Waals surface area contributed by atoms with E-state index < -0.39 is 0 Å². The summed E-state index contributed by atoms with van der Waals surface area (Å²) in [5.74, 6) is 0. The molecule has 0 N–H and O–H groups in total. The highest BCUT2D eigenvalue weighted by Gasteiger charge is 2.00. The Labute approximate surface area is 44.1 Å². The Hall–Kier alpha value is -1.39. The van der Waals surface area contributed by atoms with E-state index in [0.717, 1.165) is 6.20 Å². The molecular weight excluding hydrogens is 112 g/mol. The van der Waals surface area contributed by atoms with Crippen LogP contribution in [0.3, 0.4) is 0 Å². The van der Waals surface area contributed by atoms with Crippen LogP contribution >= 0.6 is 0 Å². The lowest BCUT2D eigenvalue weighted by Gasteiger charge is -1.73. The summed E-state index contributed by atoms with van der Waals surface area (Å²) in [5, 5.41) is 13.0. The fourth-order valence-corrected chi connectivity index (χ4v) is 0.294. The van der Waals surface area contributed by atoms with E-state index in [1.165, 1.54) is 0 Å². The molecular formula is C3H2N2O3. The first-order valence-electron chi connectivity index (χ1n) is 1.84. The lowest BCUT2D eigenvalue weighted by Crippen LogP contribution is -2.20. The predicted octanol–water partition coefficient (Wildman–Crippen LogP) is -0.879. The number of carbonyl (C=O) groups is 1. The fraction of sp³-hybridized carbons (Fsp3) is 0. The Balaban J connectivity index is 3.00. The van der Waals surface area contributed by atoms with E-state index in [1.54, 1.807) is 0 Å². The molecule has 0 aromatic carbocycles. The number of hydrogen-bond donors (Lipinski definition) is 0. The molecule has 5 heteroatoms. The van der Waals surface area contributed by atoms with Crippen LogP contribution in [0.1, 0.15) is 10.5 Å². The molecule has 1 aromatic heterocycles. The van der Waals surface area contributed by atoms with Gasteiger partial charge in [0.25, 0.3) is 5.69 Å². The van der Waals surface area contributed by atoms with Gasteiger partial charge in [-0.3, -0.25) is 9.42 Å². The van der Waals surface area contributed by atoms with E-state index in [1.807, 2.05) is 0 Å². The highest BCUT2D eigenvalue weighted by molar-refractivity contribution is 5.69. The van der Waals surface area contributed by atoms with E-state index >= 15 is 0 Å². The van der Waals surface area contributed by atoms with E-state index in [9.17, 15) is 10.0 Å². The van der Waals surface area contributed by atoms with E-state index in [4.69, 9.17) is 0 Å². The normalized spacial score (nSPS) is 9.00. The van der Waals surface area contributed by atoms with Crippen LogP contribution in [0.2, 0.25) is 0 Å². The molecule has 0 atom stereocenters. The second-order valence-electron chi connectivity index (χ2n) is 1.13. The lowest BCUT2D eigenvalue weighted by molar-refractivity contribution is -0.802. The molecule has 1 aromatic rings. The molecule has 1 heterocycles. The SMILES string of the molecule is O=Cc1c[n+]([O-])on1. The molecule has 42 valence electrons. The fourth-order valence-electron chi connectivity index (χ4n) is 0.294. The van der Waals surface area contributed by atoms with Gasteiger partial charge in [-0.15, -0.1) is 0 Å². The predicted molar refractivity (Wildman–Crippen MR) is 20.9 cm³/mol. The van der Waals surface area contributed by atoms with Gasteiger partial charge in [-0.25, -0.2) is 0 Å². The Morgan fingerprint density at radius 3 is 3.00 bits per heavy atom. The number of nitrogens with zero attached hydrogens (tertiary/aromatic N) is 2. The maximum absolute atomic E-state index is 9.98. The molecule has 8 heavy (non-hydrogen) atoms. The van der Waals surface area contributed by atoms with Crippen molar-refractivity contribution in [1.29, 1.82) is 0 Å². The second-order valence-corrected chi connectivity index (χ2v) is 1.13. The molecule has 0 bridgehead atoms. The first-order chi connectivity index (χ1) is 3.83. The average Bonchev–Trinajstić information content (AvgIpc) is 2.14. The molecule has 1 rings (SSSR count). The van der Waals surface area contributed by atoms with Crippen LogP contribution in [0, 0.1) is 5.21 Å². The van der Waals surface area contributed by atoms with Crippen LogP contribution < -0.4 is 4.90 Å². The summed E-state index contributed by atoms with van der Waals surface area (Å²) in [4.78, 5) is 9.85. The van der Waals surface area contributed by atoms with Crippen molar-refractivity contribution in [3.8, 4) is 0 Å². The molecule has 0 aliphatic heterocycles. The third-order valence-electron chi connectivity index (χ3n) is 0.585. The number of hydrogen-bond acceptors (Lipinski definition) is 4. The third-order valence-corrected chi connectivity index (χ3v) is 0.585. The molecule has 0 radical (unpaired) electrons. The van der Waals surface area contributed by atoms with Crippen molar-refractivity contribution in [3.63, 3.8) is 0 Å². The molecule has 5 nitrogen and oxygen atoms in total. The molecule has 0 fully saturated rings. The Morgan fingerprint density at radius 1 is 2.00 bits per heavy atom. The van der Waals surface area contributed by atoms with Gasteiger partial charge in [-0.2, -0.15) is 0 Å². The summed E-state index contributed by atoms with van der Waals surface area (Å²) in [6, 6.07) is 0. The first kappa shape index (κ1) is 4.76. The Morgan fingerprint density at radius 2 is 2.75 bits per heavy atom. The van der Waals surface area contributed by atoms with E-state index in [2.05, 4.69) is 9.79 Å². The van der Waals surface area contributed by atoms with Gasteiger partial charge in [-0.05, 0) is 4.90 Å². The summed E-state index contributed by atoms with van der Waals surface area (Å²) >= 11 is 0. The van der Waals surface area contributed by atoms with Gasteiger partial charge >= 0.3 is 0 Å². The van der Waals surface area contributed by atoms with Gasteiger partial charge in [0.15, 0.2) is 12.5 Å². The second kappa shape index (κ2) is 1.61. The van der Waals surface area contributed by atoms with Gasteiger partial charge in [-0.1, -0.05) is 0 Å². The molecule has 0 saturated carbocycles. The third kappa shape index (κ3) is 0.651. The summed E-state index contributed by atoms with van der Waals surface area (Å²) in [6.45, 7) is 0. The van der Waals surface area contributed by atoms with Crippen LogP contribution in [-0.2, 0) is 0 Å². The van der Waals surface area contributed by atoms with Crippen molar-refractivity contribution in [2.24, 2.45) is 0 Å². The zero-order valence-electron chi connectivity index (χ0n) is 3.77. The highest BCUT2D eigenvalue weighted by Crippen LogP contribution is 1.78. The number of rotatable bonds is 1. The summed E-state index contributed by atoms with van der Waals surface area (Å²) < 4.78 is 3.94. The van der Waals surface area contributed by atoms with Crippen LogP contribution in [0.5, 0.6) is 0 Å². The van der Waals surface area contributed by atoms with Crippen molar-refractivity contribution in [1.82, 2.24) is 5.16 Å². The van der Waals surface area contributed by atoms with Crippen molar-refractivity contribution in [2.45, 2.75) is 0 Å². The highest BCUT2D eigenvalue weighted by atomic mass is 16.8. The van der Waals surface area contributed by atoms with Crippen LogP contribution in [-0.4, -0.2) is 11.4 Å². The molecule has 0 aliphatic rings. The van der Waals surface area contributed by atoms with Crippen LogP contribution in [0.25, 0.3) is 0 Å². The van der Waals surface area contributed by atoms with E-state index in [-0.39, 0.29) is 10.6 Å². The van der Waals surface area contributed by atoms with Gasteiger partial charge in [0, 0.05) is 5.16 Å². The van der Waals surface area contributed by atoms with E-state index in [0.29, 0.717) is 6.29 Å².